The number of fused-ring (bicyclic) bond motifs is 1. The number of H-pyrrole nitrogens is 1. The Morgan fingerprint density at radius 3 is 2.64 bits per heavy atom. The number of nitriles is 1. The van der Waals surface area contributed by atoms with Crippen LogP contribution in [-0.2, 0) is 9.53 Å². The number of aromatic amines is 1. The quantitative estimate of drug-likeness (QED) is 0.411. The molecule has 0 amide bonds. The van der Waals surface area contributed by atoms with Gasteiger partial charge in [-0.25, -0.2) is 4.79 Å². The fourth-order valence-electron chi connectivity index (χ4n) is 2.65. The summed E-state index contributed by atoms with van der Waals surface area (Å²) in [5.74, 6) is -0.627. The van der Waals surface area contributed by atoms with Gasteiger partial charge >= 0.3 is 5.97 Å². The molecule has 0 spiro atoms. The zero-order chi connectivity index (χ0) is 17.8. The molecule has 3 aromatic rings. The highest BCUT2D eigenvalue weighted by Gasteiger charge is 2.16. The molecule has 25 heavy (non-hydrogen) atoms. The van der Waals surface area contributed by atoms with E-state index in [1.165, 1.54) is 0 Å². The van der Waals surface area contributed by atoms with Crippen LogP contribution in [0.25, 0.3) is 28.2 Å². The standard InChI is InChI=1S/C20H15ClN2O2/c1-2-25-20(24)14(12-22)11-17-16-5-3-4-6-18(16)23-19(17)13-7-9-15(21)10-8-13/h3-11,23H,2H2,1H3/b14-11-. The van der Waals surface area contributed by atoms with Crippen molar-refractivity contribution in [2.75, 3.05) is 6.61 Å². The van der Waals surface area contributed by atoms with Crippen LogP contribution < -0.4 is 0 Å². The van der Waals surface area contributed by atoms with Gasteiger partial charge in [-0.1, -0.05) is 41.9 Å². The predicted octanol–water partition coefficient (Wildman–Crippen LogP) is 4.96. The van der Waals surface area contributed by atoms with Gasteiger partial charge in [0.05, 0.1) is 12.3 Å². The molecule has 1 aromatic heterocycles. The molecule has 0 saturated carbocycles. The summed E-state index contributed by atoms with van der Waals surface area (Å²) < 4.78 is 4.96. The lowest BCUT2D eigenvalue weighted by Crippen LogP contribution is -2.06. The Balaban J connectivity index is 2.22. The van der Waals surface area contributed by atoms with Gasteiger partial charge in [0, 0.05) is 21.5 Å². The van der Waals surface area contributed by atoms with Crippen molar-refractivity contribution in [2.45, 2.75) is 6.92 Å². The summed E-state index contributed by atoms with van der Waals surface area (Å²) in [6.07, 6.45) is 1.57. The number of carbonyl (C=O) groups is 1. The average molecular weight is 351 g/mol. The van der Waals surface area contributed by atoms with Gasteiger partial charge < -0.3 is 9.72 Å². The van der Waals surface area contributed by atoms with Crippen LogP contribution in [-0.4, -0.2) is 17.6 Å². The van der Waals surface area contributed by atoms with Crippen LogP contribution in [0.5, 0.6) is 0 Å². The number of nitrogens with one attached hydrogen (secondary N) is 1. The van der Waals surface area contributed by atoms with Gasteiger partial charge in [0.2, 0.25) is 0 Å². The van der Waals surface area contributed by atoms with Gasteiger partial charge in [-0.2, -0.15) is 5.26 Å². The zero-order valence-corrected chi connectivity index (χ0v) is 14.3. The molecular formula is C20H15ClN2O2. The molecule has 1 N–H and O–H groups in total. The Labute approximate surface area is 150 Å². The first-order valence-corrected chi connectivity index (χ1v) is 8.17. The van der Waals surface area contributed by atoms with E-state index < -0.39 is 5.97 Å². The van der Waals surface area contributed by atoms with Crippen molar-refractivity contribution in [3.63, 3.8) is 0 Å². The number of halogens is 1. The summed E-state index contributed by atoms with van der Waals surface area (Å²) in [5.41, 5.74) is 3.37. The number of aromatic nitrogens is 1. The molecule has 0 saturated heterocycles. The highest BCUT2D eigenvalue weighted by Crippen LogP contribution is 2.32. The van der Waals surface area contributed by atoms with Crippen molar-refractivity contribution >= 4 is 34.5 Å². The van der Waals surface area contributed by atoms with Crippen LogP contribution in [0.2, 0.25) is 5.02 Å². The molecule has 0 aliphatic heterocycles. The molecular weight excluding hydrogens is 336 g/mol. The van der Waals surface area contributed by atoms with E-state index in [0.29, 0.717) is 5.02 Å². The second-order valence-corrected chi connectivity index (χ2v) is 5.79. The zero-order valence-electron chi connectivity index (χ0n) is 13.5. The van der Waals surface area contributed by atoms with E-state index in [9.17, 15) is 10.1 Å². The highest BCUT2D eigenvalue weighted by atomic mass is 35.5. The van der Waals surface area contributed by atoms with E-state index in [1.807, 2.05) is 42.5 Å². The van der Waals surface area contributed by atoms with Crippen molar-refractivity contribution in [2.24, 2.45) is 0 Å². The number of hydrogen-bond donors (Lipinski definition) is 1. The first kappa shape index (κ1) is 16.8. The maximum atomic E-state index is 12.0. The fourth-order valence-corrected chi connectivity index (χ4v) is 2.77. The van der Waals surface area contributed by atoms with E-state index in [0.717, 1.165) is 27.7 Å². The molecule has 1 heterocycles. The molecule has 3 rings (SSSR count). The van der Waals surface area contributed by atoms with Gasteiger partial charge in [0.1, 0.15) is 11.6 Å². The Morgan fingerprint density at radius 2 is 1.96 bits per heavy atom. The molecule has 4 nitrogen and oxygen atoms in total. The molecule has 2 aromatic carbocycles. The summed E-state index contributed by atoms with van der Waals surface area (Å²) in [6, 6.07) is 17.0. The highest BCUT2D eigenvalue weighted by molar-refractivity contribution is 6.30. The second kappa shape index (κ2) is 7.25. The van der Waals surface area contributed by atoms with E-state index >= 15 is 0 Å². The van der Waals surface area contributed by atoms with Gasteiger partial charge in [0.25, 0.3) is 0 Å². The lowest BCUT2D eigenvalue weighted by atomic mass is 10.0. The number of nitrogens with zero attached hydrogens (tertiary/aromatic N) is 1. The van der Waals surface area contributed by atoms with Crippen LogP contribution >= 0.6 is 11.6 Å². The summed E-state index contributed by atoms with van der Waals surface area (Å²) in [4.78, 5) is 15.3. The van der Waals surface area contributed by atoms with Crippen LogP contribution in [0.1, 0.15) is 12.5 Å². The number of benzene rings is 2. The first-order chi connectivity index (χ1) is 12.1. The van der Waals surface area contributed by atoms with Crippen molar-refractivity contribution in [3.8, 4) is 17.3 Å². The van der Waals surface area contributed by atoms with E-state index in [4.69, 9.17) is 16.3 Å². The molecule has 0 aliphatic carbocycles. The Bertz CT molecular complexity index is 995. The Kier molecular flexibility index (Phi) is 4.87. The second-order valence-electron chi connectivity index (χ2n) is 5.36. The van der Waals surface area contributed by atoms with E-state index in [1.54, 1.807) is 25.1 Å². The SMILES string of the molecule is CCOC(=O)/C(C#N)=C\c1c(-c2ccc(Cl)cc2)[nH]c2ccccc12. The molecule has 0 atom stereocenters. The van der Waals surface area contributed by atoms with E-state index in [-0.39, 0.29) is 12.2 Å². The summed E-state index contributed by atoms with van der Waals surface area (Å²) >= 11 is 5.97. The topological polar surface area (TPSA) is 65.9 Å². The molecule has 0 unspecified atom stereocenters. The smallest absolute Gasteiger partial charge is 0.348 e. The maximum Gasteiger partial charge on any atom is 0.348 e. The van der Waals surface area contributed by atoms with Crippen LogP contribution in [0.4, 0.5) is 0 Å². The number of ether oxygens (including phenoxy) is 1. The summed E-state index contributed by atoms with van der Waals surface area (Å²) in [5, 5.41) is 10.9. The largest absolute Gasteiger partial charge is 0.462 e. The van der Waals surface area contributed by atoms with E-state index in [2.05, 4.69) is 4.98 Å². The number of para-hydroxylation sites is 1. The van der Waals surface area contributed by atoms with Crippen LogP contribution in [0, 0.1) is 11.3 Å². The maximum absolute atomic E-state index is 12.0. The average Bonchev–Trinajstić information content (AvgIpc) is 2.99. The molecule has 124 valence electrons. The molecule has 0 radical (unpaired) electrons. The number of hydrogen-bond acceptors (Lipinski definition) is 3. The Morgan fingerprint density at radius 1 is 1.24 bits per heavy atom. The van der Waals surface area contributed by atoms with Crippen molar-refractivity contribution < 1.29 is 9.53 Å². The molecule has 0 bridgehead atoms. The first-order valence-electron chi connectivity index (χ1n) is 7.79. The van der Waals surface area contributed by atoms with Crippen LogP contribution in [0.15, 0.2) is 54.1 Å². The minimum Gasteiger partial charge on any atom is -0.462 e. The number of rotatable bonds is 4. The van der Waals surface area contributed by atoms with Crippen LogP contribution in [0.3, 0.4) is 0 Å². The Hall–Kier alpha value is -3.03. The fraction of sp³-hybridized carbons (Fsp3) is 0.100. The lowest BCUT2D eigenvalue weighted by Gasteiger charge is -2.03. The summed E-state index contributed by atoms with van der Waals surface area (Å²) in [6.45, 7) is 1.92. The van der Waals surface area contributed by atoms with Crippen molar-refractivity contribution in [1.29, 1.82) is 5.26 Å². The molecule has 5 heteroatoms. The van der Waals surface area contributed by atoms with Crippen molar-refractivity contribution in [1.82, 2.24) is 4.98 Å². The minimum absolute atomic E-state index is 0.0400. The third-order valence-electron chi connectivity index (χ3n) is 3.78. The predicted molar refractivity (Wildman–Crippen MR) is 99.0 cm³/mol. The normalized spacial score (nSPS) is 11.3. The van der Waals surface area contributed by atoms with Gasteiger partial charge in [-0.15, -0.1) is 0 Å². The summed E-state index contributed by atoms with van der Waals surface area (Å²) in [7, 11) is 0. The van der Waals surface area contributed by atoms with Crippen molar-refractivity contribution in [3.05, 3.63) is 64.7 Å². The lowest BCUT2D eigenvalue weighted by molar-refractivity contribution is -0.137. The number of carbonyl (C=O) groups excluding carboxylic acids is 1. The minimum atomic E-state index is -0.627. The number of esters is 1. The third-order valence-corrected chi connectivity index (χ3v) is 4.04. The monoisotopic (exact) mass is 350 g/mol. The molecule has 0 aliphatic rings. The van der Waals surface area contributed by atoms with Gasteiger partial charge in [-0.05, 0) is 36.8 Å². The van der Waals surface area contributed by atoms with Gasteiger partial charge in [0.15, 0.2) is 0 Å². The third kappa shape index (κ3) is 3.42. The molecule has 0 fully saturated rings. The van der Waals surface area contributed by atoms with Gasteiger partial charge in [-0.3, -0.25) is 0 Å².